The number of pyridine rings is 1. The molecular formula is C18H15F3N2O2. The monoisotopic (exact) mass is 348 g/mol. The van der Waals surface area contributed by atoms with E-state index >= 15 is 0 Å². The van der Waals surface area contributed by atoms with Crippen molar-refractivity contribution in [3.8, 4) is 17.6 Å². The van der Waals surface area contributed by atoms with Gasteiger partial charge in [0.1, 0.15) is 12.4 Å². The first kappa shape index (κ1) is 18.3. The number of carbonyl (C=O) groups is 1. The van der Waals surface area contributed by atoms with Gasteiger partial charge in [-0.05, 0) is 37.3 Å². The van der Waals surface area contributed by atoms with Gasteiger partial charge in [0, 0.05) is 11.3 Å². The summed E-state index contributed by atoms with van der Waals surface area (Å²) < 4.78 is 43.2. The van der Waals surface area contributed by atoms with Crippen LogP contribution in [0.2, 0.25) is 0 Å². The minimum Gasteiger partial charge on any atom is -0.479 e. The van der Waals surface area contributed by atoms with Crippen molar-refractivity contribution < 1.29 is 22.7 Å². The Morgan fingerprint density at radius 2 is 2.04 bits per heavy atom. The smallest absolute Gasteiger partial charge is 0.416 e. The maximum Gasteiger partial charge on any atom is 0.416 e. The Morgan fingerprint density at radius 3 is 2.72 bits per heavy atom. The van der Waals surface area contributed by atoms with Gasteiger partial charge < -0.3 is 10.1 Å². The Labute approximate surface area is 143 Å². The first-order chi connectivity index (χ1) is 11.9. The summed E-state index contributed by atoms with van der Waals surface area (Å²) in [4.78, 5) is 15.9. The number of carbonyl (C=O) groups excluding carboxylic acids is 1. The highest BCUT2D eigenvalue weighted by Crippen LogP contribution is 2.29. The van der Waals surface area contributed by atoms with Crippen molar-refractivity contribution in [3.63, 3.8) is 0 Å². The second-order valence-corrected chi connectivity index (χ2v) is 5.04. The number of nitrogens with zero attached hydrogens (tertiary/aromatic N) is 1. The molecule has 25 heavy (non-hydrogen) atoms. The van der Waals surface area contributed by atoms with E-state index in [1.54, 1.807) is 18.3 Å². The molecule has 0 aliphatic carbocycles. The lowest BCUT2D eigenvalue weighted by Crippen LogP contribution is -2.24. The van der Waals surface area contributed by atoms with Crippen LogP contribution in [0.1, 0.15) is 21.6 Å². The lowest BCUT2D eigenvalue weighted by atomic mass is 10.1. The standard InChI is InChI=1S/C18H15F3N2O2/c1-13-7-8-16(12-23-13)25-10-3-2-9-22-17(24)14-5-4-6-15(11-14)18(19,20)21/h4-8,11-12H,9-10H2,1H3,(H,22,24). The van der Waals surface area contributed by atoms with Crippen LogP contribution in [-0.2, 0) is 6.18 Å². The van der Waals surface area contributed by atoms with Crippen molar-refractivity contribution in [1.29, 1.82) is 0 Å². The number of halogens is 3. The SMILES string of the molecule is Cc1ccc(OCC#CCNC(=O)c2cccc(C(F)(F)F)c2)cn1. The predicted octanol–water partition coefficient (Wildman–Crippen LogP) is 3.22. The molecule has 0 aliphatic heterocycles. The Hall–Kier alpha value is -3.01. The molecular weight excluding hydrogens is 333 g/mol. The summed E-state index contributed by atoms with van der Waals surface area (Å²) in [5.74, 6) is 5.31. The third-order valence-electron chi connectivity index (χ3n) is 3.11. The summed E-state index contributed by atoms with van der Waals surface area (Å²) >= 11 is 0. The largest absolute Gasteiger partial charge is 0.479 e. The minimum atomic E-state index is -4.49. The summed E-state index contributed by atoms with van der Waals surface area (Å²) in [6.45, 7) is 1.98. The van der Waals surface area contributed by atoms with E-state index in [2.05, 4.69) is 22.1 Å². The fourth-order valence-electron chi connectivity index (χ4n) is 1.84. The van der Waals surface area contributed by atoms with Crippen LogP contribution in [0.15, 0.2) is 42.6 Å². The number of hydrogen-bond donors (Lipinski definition) is 1. The molecule has 0 radical (unpaired) electrons. The first-order valence-electron chi connectivity index (χ1n) is 7.33. The lowest BCUT2D eigenvalue weighted by Gasteiger charge is -2.08. The number of nitrogens with one attached hydrogen (secondary N) is 1. The minimum absolute atomic E-state index is 0.00455. The molecule has 1 aromatic heterocycles. The quantitative estimate of drug-likeness (QED) is 0.863. The summed E-state index contributed by atoms with van der Waals surface area (Å²) in [5, 5.41) is 2.44. The number of ether oxygens (including phenoxy) is 1. The molecule has 0 bridgehead atoms. The van der Waals surface area contributed by atoms with Gasteiger partial charge in [-0.2, -0.15) is 13.2 Å². The molecule has 7 heteroatoms. The van der Waals surface area contributed by atoms with Gasteiger partial charge in [-0.25, -0.2) is 0 Å². The fraction of sp³-hybridized carbons (Fsp3) is 0.222. The third-order valence-corrected chi connectivity index (χ3v) is 3.11. The van der Waals surface area contributed by atoms with E-state index in [9.17, 15) is 18.0 Å². The maximum atomic E-state index is 12.6. The zero-order valence-electron chi connectivity index (χ0n) is 13.4. The summed E-state index contributed by atoms with van der Waals surface area (Å²) in [7, 11) is 0. The molecule has 0 saturated carbocycles. The van der Waals surface area contributed by atoms with Crippen molar-refractivity contribution in [3.05, 3.63) is 59.4 Å². The highest BCUT2D eigenvalue weighted by molar-refractivity contribution is 5.94. The number of aromatic nitrogens is 1. The van der Waals surface area contributed by atoms with E-state index in [1.807, 2.05) is 6.92 Å². The van der Waals surface area contributed by atoms with Crippen molar-refractivity contribution in [2.45, 2.75) is 13.1 Å². The predicted molar refractivity (Wildman–Crippen MR) is 86.0 cm³/mol. The summed E-state index contributed by atoms with van der Waals surface area (Å²) in [6.07, 6.45) is -2.91. The van der Waals surface area contributed by atoms with Gasteiger partial charge in [-0.3, -0.25) is 9.78 Å². The van der Waals surface area contributed by atoms with E-state index in [4.69, 9.17) is 4.74 Å². The van der Waals surface area contributed by atoms with Crippen molar-refractivity contribution in [1.82, 2.24) is 10.3 Å². The van der Waals surface area contributed by atoms with Crippen molar-refractivity contribution in [2.24, 2.45) is 0 Å². The average molecular weight is 348 g/mol. The Kier molecular flexibility index (Phi) is 6.01. The van der Waals surface area contributed by atoms with Crippen LogP contribution < -0.4 is 10.1 Å². The molecule has 1 aromatic carbocycles. The van der Waals surface area contributed by atoms with Gasteiger partial charge in [0.15, 0.2) is 0 Å². The molecule has 2 rings (SSSR count). The van der Waals surface area contributed by atoms with Crippen LogP contribution in [0.25, 0.3) is 0 Å². The summed E-state index contributed by atoms with van der Waals surface area (Å²) in [6, 6.07) is 7.78. The highest BCUT2D eigenvalue weighted by Gasteiger charge is 2.30. The fourth-order valence-corrected chi connectivity index (χ4v) is 1.84. The summed E-state index contributed by atoms with van der Waals surface area (Å²) in [5.41, 5.74) is -0.0688. The van der Waals surface area contributed by atoms with Crippen LogP contribution in [0.4, 0.5) is 13.2 Å². The number of amides is 1. The van der Waals surface area contributed by atoms with Gasteiger partial charge in [0.25, 0.3) is 5.91 Å². The average Bonchev–Trinajstić information content (AvgIpc) is 2.58. The van der Waals surface area contributed by atoms with Crippen LogP contribution in [0.5, 0.6) is 5.75 Å². The van der Waals surface area contributed by atoms with Crippen LogP contribution in [0, 0.1) is 18.8 Å². The molecule has 0 unspecified atom stereocenters. The zero-order valence-corrected chi connectivity index (χ0v) is 13.4. The van der Waals surface area contributed by atoms with Crippen LogP contribution in [0.3, 0.4) is 0 Å². The number of rotatable bonds is 4. The second-order valence-electron chi connectivity index (χ2n) is 5.04. The molecule has 4 nitrogen and oxygen atoms in total. The van der Waals surface area contributed by atoms with Crippen LogP contribution >= 0.6 is 0 Å². The number of alkyl halides is 3. The number of aryl methyl sites for hydroxylation is 1. The number of benzene rings is 1. The second kappa shape index (κ2) is 8.20. The molecule has 0 saturated heterocycles. The molecule has 0 fully saturated rings. The van der Waals surface area contributed by atoms with Crippen molar-refractivity contribution in [2.75, 3.05) is 13.2 Å². The molecule has 0 atom stereocenters. The molecule has 130 valence electrons. The van der Waals surface area contributed by atoms with Gasteiger partial charge in [-0.1, -0.05) is 17.9 Å². The zero-order chi connectivity index (χ0) is 18.3. The molecule has 0 aliphatic rings. The Balaban J connectivity index is 1.80. The van der Waals surface area contributed by atoms with Gasteiger partial charge in [0.05, 0.1) is 18.3 Å². The number of hydrogen-bond acceptors (Lipinski definition) is 3. The van der Waals surface area contributed by atoms with E-state index in [1.165, 1.54) is 12.1 Å². The van der Waals surface area contributed by atoms with Gasteiger partial charge in [-0.15, -0.1) is 0 Å². The molecule has 1 N–H and O–H groups in total. The maximum absolute atomic E-state index is 12.6. The highest BCUT2D eigenvalue weighted by atomic mass is 19.4. The van der Waals surface area contributed by atoms with E-state index in [0.29, 0.717) is 5.75 Å². The Morgan fingerprint density at radius 1 is 1.24 bits per heavy atom. The van der Waals surface area contributed by atoms with Crippen molar-refractivity contribution >= 4 is 5.91 Å². The van der Waals surface area contributed by atoms with Gasteiger partial charge >= 0.3 is 6.18 Å². The lowest BCUT2D eigenvalue weighted by molar-refractivity contribution is -0.137. The topological polar surface area (TPSA) is 51.2 Å². The molecule has 0 spiro atoms. The Bertz CT molecular complexity index is 790. The van der Waals surface area contributed by atoms with E-state index < -0.39 is 17.6 Å². The van der Waals surface area contributed by atoms with E-state index in [-0.39, 0.29) is 18.7 Å². The normalized spacial score (nSPS) is 10.6. The molecule has 1 heterocycles. The van der Waals surface area contributed by atoms with Gasteiger partial charge in [0.2, 0.25) is 0 Å². The molecule has 1 amide bonds. The van der Waals surface area contributed by atoms with E-state index in [0.717, 1.165) is 17.8 Å². The van der Waals surface area contributed by atoms with Crippen LogP contribution in [-0.4, -0.2) is 24.0 Å². The molecule has 2 aromatic rings. The first-order valence-corrected chi connectivity index (χ1v) is 7.33. The third kappa shape index (κ3) is 5.84.